The van der Waals surface area contributed by atoms with Gasteiger partial charge in [0, 0.05) is 6.07 Å². The number of nitrogens with zero attached hydrogens (tertiary/aromatic N) is 1. The molecule has 7 heteroatoms. The fourth-order valence-electron chi connectivity index (χ4n) is 2.17. The van der Waals surface area contributed by atoms with Gasteiger partial charge in [-0.15, -0.1) is 0 Å². The Bertz CT molecular complexity index is 569. The minimum Gasteiger partial charge on any atom is -0.491 e. The van der Waals surface area contributed by atoms with Crippen LogP contribution < -0.4 is 10.2 Å². The molecular formula is C15H22BNO5. The van der Waals surface area contributed by atoms with Crippen molar-refractivity contribution in [2.24, 2.45) is 0 Å². The largest absolute Gasteiger partial charge is 0.495 e. The van der Waals surface area contributed by atoms with Gasteiger partial charge in [0.1, 0.15) is 5.75 Å². The van der Waals surface area contributed by atoms with Crippen molar-refractivity contribution in [2.75, 3.05) is 0 Å². The first-order chi connectivity index (χ1) is 10.0. The van der Waals surface area contributed by atoms with Crippen molar-refractivity contribution < 1.29 is 19.0 Å². The summed E-state index contributed by atoms with van der Waals surface area (Å²) in [4.78, 5) is 10.7. The third kappa shape index (κ3) is 3.25. The first kappa shape index (κ1) is 16.8. The molecule has 2 rings (SSSR count). The van der Waals surface area contributed by atoms with Crippen LogP contribution in [0.4, 0.5) is 5.69 Å². The average molecular weight is 307 g/mol. The minimum atomic E-state index is -0.653. The van der Waals surface area contributed by atoms with Gasteiger partial charge in [0.25, 0.3) is 5.69 Å². The maximum absolute atomic E-state index is 11.1. The predicted molar refractivity (Wildman–Crippen MR) is 84.6 cm³/mol. The first-order valence-electron chi connectivity index (χ1n) is 7.33. The predicted octanol–water partition coefficient (Wildman–Crippen LogP) is 2.68. The Morgan fingerprint density at radius 2 is 1.68 bits per heavy atom. The van der Waals surface area contributed by atoms with Crippen LogP contribution in [-0.2, 0) is 9.31 Å². The van der Waals surface area contributed by atoms with E-state index in [-0.39, 0.29) is 11.8 Å². The molecule has 0 unspecified atom stereocenters. The molecule has 1 saturated heterocycles. The van der Waals surface area contributed by atoms with E-state index in [0.717, 1.165) is 0 Å². The number of nitro benzene ring substituents is 1. The standard InChI is InChI=1S/C15H22BNO5/c1-10(2)20-13-8-11(7-12(9-13)17(18)19)16-21-14(3,4)15(5,6)22-16/h7-10H,1-6H3. The molecule has 0 spiro atoms. The Labute approximate surface area is 131 Å². The third-order valence-electron chi connectivity index (χ3n) is 4.02. The summed E-state index contributed by atoms with van der Waals surface area (Å²) in [6.07, 6.45) is -0.0758. The molecule has 0 bridgehead atoms. The molecule has 22 heavy (non-hydrogen) atoms. The van der Waals surface area contributed by atoms with E-state index >= 15 is 0 Å². The molecule has 0 saturated carbocycles. The molecule has 120 valence electrons. The zero-order valence-electron chi connectivity index (χ0n) is 13.9. The highest BCUT2D eigenvalue weighted by molar-refractivity contribution is 6.62. The summed E-state index contributed by atoms with van der Waals surface area (Å²) >= 11 is 0. The number of nitro groups is 1. The quantitative estimate of drug-likeness (QED) is 0.486. The summed E-state index contributed by atoms with van der Waals surface area (Å²) in [7, 11) is -0.653. The van der Waals surface area contributed by atoms with Gasteiger partial charge in [0.15, 0.2) is 0 Å². The van der Waals surface area contributed by atoms with Crippen LogP contribution in [0, 0.1) is 10.1 Å². The zero-order valence-corrected chi connectivity index (χ0v) is 13.9. The van der Waals surface area contributed by atoms with Crippen LogP contribution in [0.1, 0.15) is 41.5 Å². The second-order valence-electron chi connectivity index (χ2n) is 6.77. The summed E-state index contributed by atoms with van der Waals surface area (Å²) < 4.78 is 17.5. The molecular weight excluding hydrogens is 285 g/mol. The number of hydrogen-bond acceptors (Lipinski definition) is 5. The van der Waals surface area contributed by atoms with Gasteiger partial charge in [-0.2, -0.15) is 0 Å². The molecule has 6 nitrogen and oxygen atoms in total. The van der Waals surface area contributed by atoms with E-state index in [1.807, 2.05) is 41.5 Å². The molecule has 1 aromatic carbocycles. The molecule has 1 aliphatic rings. The van der Waals surface area contributed by atoms with Gasteiger partial charge in [-0.3, -0.25) is 10.1 Å². The number of hydrogen-bond donors (Lipinski definition) is 0. The number of ether oxygens (including phenoxy) is 1. The maximum atomic E-state index is 11.1. The van der Waals surface area contributed by atoms with Crippen LogP contribution in [0.25, 0.3) is 0 Å². The molecule has 0 amide bonds. The zero-order chi connectivity index (χ0) is 16.7. The first-order valence-corrected chi connectivity index (χ1v) is 7.33. The lowest BCUT2D eigenvalue weighted by Crippen LogP contribution is -2.41. The van der Waals surface area contributed by atoms with Gasteiger partial charge in [-0.05, 0) is 53.1 Å². The van der Waals surface area contributed by atoms with E-state index in [0.29, 0.717) is 11.2 Å². The molecule has 1 heterocycles. The molecule has 1 aromatic rings. The third-order valence-corrected chi connectivity index (χ3v) is 4.02. The van der Waals surface area contributed by atoms with E-state index in [1.165, 1.54) is 12.1 Å². The fourth-order valence-corrected chi connectivity index (χ4v) is 2.17. The fraction of sp³-hybridized carbons (Fsp3) is 0.600. The van der Waals surface area contributed by atoms with Crippen LogP contribution in [0.5, 0.6) is 5.75 Å². The molecule has 0 aromatic heterocycles. The lowest BCUT2D eigenvalue weighted by Gasteiger charge is -2.32. The van der Waals surface area contributed by atoms with E-state index in [2.05, 4.69) is 0 Å². The van der Waals surface area contributed by atoms with Crippen LogP contribution in [0.15, 0.2) is 18.2 Å². The van der Waals surface area contributed by atoms with E-state index < -0.39 is 23.2 Å². The van der Waals surface area contributed by atoms with Crippen molar-refractivity contribution in [1.82, 2.24) is 0 Å². The summed E-state index contributed by atoms with van der Waals surface area (Å²) in [6.45, 7) is 11.5. The smallest absolute Gasteiger partial charge is 0.491 e. The lowest BCUT2D eigenvalue weighted by molar-refractivity contribution is -0.384. The minimum absolute atomic E-state index is 0.0390. The molecule has 1 aliphatic heterocycles. The van der Waals surface area contributed by atoms with Crippen molar-refractivity contribution in [3.8, 4) is 5.75 Å². The van der Waals surface area contributed by atoms with E-state index in [9.17, 15) is 10.1 Å². The van der Waals surface area contributed by atoms with Crippen LogP contribution in [0.2, 0.25) is 0 Å². The lowest BCUT2D eigenvalue weighted by atomic mass is 9.79. The summed E-state index contributed by atoms with van der Waals surface area (Å²) in [5.74, 6) is 0.439. The molecule has 0 radical (unpaired) electrons. The number of benzene rings is 1. The topological polar surface area (TPSA) is 70.8 Å². The van der Waals surface area contributed by atoms with Gasteiger partial charge in [-0.25, -0.2) is 0 Å². The molecule has 0 atom stereocenters. The molecule has 1 fully saturated rings. The Kier molecular flexibility index (Phi) is 4.23. The highest BCUT2D eigenvalue weighted by Gasteiger charge is 2.52. The Morgan fingerprint density at radius 3 is 2.14 bits per heavy atom. The molecule has 0 aliphatic carbocycles. The monoisotopic (exact) mass is 307 g/mol. The summed E-state index contributed by atoms with van der Waals surface area (Å²) in [6, 6.07) is 4.61. The van der Waals surface area contributed by atoms with Crippen LogP contribution in [0.3, 0.4) is 0 Å². The average Bonchev–Trinajstić information content (AvgIpc) is 2.57. The van der Waals surface area contributed by atoms with Gasteiger partial charge in [0.05, 0.1) is 28.3 Å². The van der Waals surface area contributed by atoms with Crippen molar-refractivity contribution in [2.45, 2.75) is 58.8 Å². The Morgan fingerprint density at radius 1 is 1.14 bits per heavy atom. The van der Waals surface area contributed by atoms with Crippen molar-refractivity contribution >= 4 is 18.3 Å². The normalized spacial score (nSPS) is 19.5. The van der Waals surface area contributed by atoms with Gasteiger partial charge >= 0.3 is 7.12 Å². The highest BCUT2D eigenvalue weighted by atomic mass is 16.7. The van der Waals surface area contributed by atoms with Crippen molar-refractivity contribution in [3.05, 3.63) is 28.3 Å². The van der Waals surface area contributed by atoms with Crippen LogP contribution in [-0.4, -0.2) is 29.3 Å². The second-order valence-corrected chi connectivity index (χ2v) is 6.77. The summed E-state index contributed by atoms with van der Waals surface area (Å²) in [5, 5.41) is 11.1. The van der Waals surface area contributed by atoms with Gasteiger partial charge in [0.2, 0.25) is 0 Å². The van der Waals surface area contributed by atoms with Gasteiger partial charge < -0.3 is 14.0 Å². The van der Waals surface area contributed by atoms with Crippen LogP contribution >= 0.6 is 0 Å². The number of rotatable bonds is 4. The Hall–Kier alpha value is -1.60. The second kappa shape index (κ2) is 5.55. The highest BCUT2D eigenvalue weighted by Crippen LogP contribution is 2.37. The molecule has 0 N–H and O–H groups in total. The Balaban J connectivity index is 2.39. The van der Waals surface area contributed by atoms with Gasteiger partial charge in [-0.1, -0.05) is 0 Å². The summed E-state index contributed by atoms with van der Waals surface area (Å²) in [5.41, 5.74) is -0.450. The maximum Gasteiger partial charge on any atom is 0.495 e. The van der Waals surface area contributed by atoms with E-state index in [1.54, 1.807) is 6.07 Å². The SMILES string of the molecule is CC(C)Oc1cc(B2OC(C)(C)C(C)(C)O2)cc([N+](=O)[O-])c1. The van der Waals surface area contributed by atoms with E-state index in [4.69, 9.17) is 14.0 Å². The van der Waals surface area contributed by atoms with Crippen molar-refractivity contribution in [1.29, 1.82) is 0 Å². The number of non-ortho nitro benzene ring substituents is 1. The van der Waals surface area contributed by atoms with Crippen molar-refractivity contribution in [3.63, 3.8) is 0 Å².